The maximum atomic E-state index is 13.2. The van der Waals surface area contributed by atoms with Crippen LogP contribution < -0.4 is 0 Å². The predicted molar refractivity (Wildman–Crippen MR) is 65.9 cm³/mol. The molecule has 0 saturated carbocycles. The minimum Gasteiger partial charge on any atom is -0.356 e. The van der Waals surface area contributed by atoms with Crippen LogP contribution in [0.5, 0.6) is 0 Å². The van der Waals surface area contributed by atoms with E-state index in [0.717, 1.165) is 12.1 Å². The zero-order chi connectivity index (χ0) is 13.7. The molecular weight excluding hydrogens is 236 g/mol. The lowest BCUT2D eigenvalue weighted by atomic mass is 10.1. The third-order valence-electron chi connectivity index (χ3n) is 2.91. The molecule has 0 aliphatic carbocycles. The molecule has 0 aromatic heterocycles. The number of benzene rings is 1. The van der Waals surface area contributed by atoms with E-state index in [1.54, 1.807) is 18.1 Å². The van der Waals surface area contributed by atoms with Crippen molar-refractivity contribution >= 4 is 5.84 Å². The summed E-state index contributed by atoms with van der Waals surface area (Å²) in [7, 11) is 1.77. The minimum atomic E-state index is -0.872. The van der Waals surface area contributed by atoms with E-state index in [2.05, 4.69) is 4.99 Å². The highest BCUT2D eigenvalue weighted by Crippen LogP contribution is 2.21. The van der Waals surface area contributed by atoms with Gasteiger partial charge in [-0.15, -0.1) is 0 Å². The number of amidine groups is 1. The van der Waals surface area contributed by atoms with E-state index in [9.17, 15) is 8.78 Å². The molecule has 0 amide bonds. The summed E-state index contributed by atoms with van der Waals surface area (Å²) in [5.41, 5.74) is 0.635. The summed E-state index contributed by atoms with van der Waals surface area (Å²) in [5.74, 6) is -1.13. The molecule has 0 spiro atoms. The van der Waals surface area contributed by atoms with E-state index in [1.165, 1.54) is 6.07 Å². The van der Waals surface area contributed by atoms with Gasteiger partial charge in [-0.25, -0.2) is 8.78 Å². The van der Waals surface area contributed by atoms with E-state index in [-0.39, 0.29) is 6.04 Å². The fourth-order valence-electron chi connectivity index (χ4n) is 1.68. The van der Waals surface area contributed by atoms with E-state index in [4.69, 9.17) is 5.26 Å². The molecule has 3 nitrogen and oxygen atoms in total. The van der Waals surface area contributed by atoms with E-state index in [0.29, 0.717) is 17.8 Å². The number of halogens is 2. The van der Waals surface area contributed by atoms with Crippen LogP contribution in [0, 0.1) is 23.1 Å². The number of aliphatic imine (C=N–C) groups is 1. The van der Waals surface area contributed by atoms with Crippen LogP contribution in [-0.4, -0.2) is 17.8 Å². The summed E-state index contributed by atoms with van der Waals surface area (Å²) >= 11 is 0. The van der Waals surface area contributed by atoms with Crippen molar-refractivity contribution < 1.29 is 8.78 Å². The van der Waals surface area contributed by atoms with Gasteiger partial charge in [-0.3, -0.25) is 0 Å². The third kappa shape index (κ3) is 3.04. The molecule has 18 heavy (non-hydrogen) atoms. The maximum Gasteiger partial charge on any atom is 0.207 e. The Bertz CT molecular complexity index is 491. The van der Waals surface area contributed by atoms with Gasteiger partial charge in [0.15, 0.2) is 11.6 Å². The van der Waals surface area contributed by atoms with Gasteiger partial charge in [0, 0.05) is 13.5 Å². The summed E-state index contributed by atoms with van der Waals surface area (Å²) in [6, 6.07) is 3.60. The van der Waals surface area contributed by atoms with Crippen LogP contribution in [0.4, 0.5) is 8.78 Å². The maximum absolute atomic E-state index is 13.2. The number of hydrogen-bond donors (Lipinski definition) is 0. The van der Waals surface area contributed by atoms with Crippen LogP contribution in [-0.2, 0) is 0 Å². The fraction of sp³-hybridized carbons (Fsp3) is 0.385. The molecule has 1 aromatic carbocycles. The largest absolute Gasteiger partial charge is 0.356 e. The second kappa shape index (κ2) is 6.10. The van der Waals surface area contributed by atoms with Gasteiger partial charge in [-0.1, -0.05) is 13.0 Å². The average Bonchev–Trinajstić information content (AvgIpc) is 2.37. The number of nitriles is 1. The van der Waals surface area contributed by atoms with Crippen molar-refractivity contribution in [3.63, 3.8) is 0 Å². The second-order valence-electron chi connectivity index (χ2n) is 3.94. The quantitative estimate of drug-likeness (QED) is 0.470. The fourth-order valence-corrected chi connectivity index (χ4v) is 1.68. The van der Waals surface area contributed by atoms with Gasteiger partial charge in [0.1, 0.15) is 5.84 Å². The molecule has 0 N–H and O–H groups in total. The molecule has 0 bridgehead atoms. The Balaban J connectivity index is 2.99. The molecule has 5 heteroatoms. The van der Waals surface area contributed by atoms with Crippen LogP contribution in [0.15, 0.2) is 23.2 Å². The Hall–Kier alpha value is -1.96. The Morgan fingerprint density at radius 1 is 1.44 bits per heavy atom. The zero-order valence-electron chi connectivity index (χ0n) is 10.6. The summed E-state index contributed by atoms with van der Waals surface area (Å²) < 4.78 is 26.0. The molecule has 0 saturated heterocycles. The van der Waals surface area contributed by atoms with Crippen LogP contribution >= 0.6 is 0 Å². The first-order valence-corrected chi connectivity index (χ1v) is 5.64. The van der Waals surface area contributed by atoms with Crippen LogP contribution in [0.1, 0.15) is 31.9 Å². The zero-order valence-corrected chi connectivity index (χ0v) is 10.6. The van der Waals surface area contributed by atoms with Gasteiger partial charge >= 0.3 is 0 Å². The van der Waals surface area contributed by atoms with Gasteiger partial charge in [-0.05, 0) is 24.6 Å². The molecule has 96 valence electrons. The summed E-state index contributed by atoms with van der Waals surface area (Å²) in [4.78, 5) is 5.48. The average molecular weight is 251 g/mol. The first kappa shape index (κ1) is 14.1. The topological polar surface area (TPSA) is 39.4 Å². The summed E-state index contributed by atoms with van der Waals surface area (Å²) in [6.07, 6.45) is 2.33. The molecular formula is C13H15F2N3. The Morgan fingerprint density at radius 3 is 2.61 bits per heavy atom. The number of nitrogens with zero attached hydrogens (tertiary/aromatic N) is 3. The molecule has 1 unspecified atom stereocenters. The normalized spacial score (nSPS) is 13.0. The van der Waals surface area contributed by atoms with Crippen molar-refractivity contribution in [3.05, 3.63) is 35.4 Å². The smallest absolute Gasteiger partial charge is 0.207 e. The first-order chi connectivity index (χ1) is 8.51. The minimum absolute atomic E-state index is 0.188. The van der Waals surface area contributed by atoms with Crippen molar-refractivity contribution in [1.29, 1.82) is 5.26 Å². The summed E-state index contributed by atoms with van der Waals surface area (Å²) in [5, 5.41) is 8.58. The summed E-state index contributed by atoms with van der Waals surface area (Å²) in [6.45, 7) is 3.72. The highest BCUT2D eigenvalue weighted by Gasteiger charge is 2.16. The SMILES string of the molecule is CC/C(=N\C#N)N(C)C(C)c1ccc(F)c(F)c1. The van der Waals surface area contributed by atoms with Crippen LogP contribution in [0.25, 0.3) is 0 Å². The van der Waals surface area contributed by atoms with Crippen molar-refractivity contribution in [2.75, 3.05) is 7.05 Å². The first-order valence-electron chi connectivity index (χ1n) is 5.64. The highest BCUT2D eigenvalue weighted by molar-refractivity contribution is 5.83. The van der Waals surface area contributed by atoms with Crippen LogP contribution in [0.2, 0.25) is 0 Å². The molecule has 0 aliphatic rings. The van der Waals surface area contributed by atoms with Crippen molar-refractivity contribution in [2.45, 2.75) is 26.3 Å². The van der Waals surface area contributed by atoms with Crippen molar-refractivity contribution in [2.24, 2.45) is 4.99 Å². The van der Waals surface area contributed by atoms with Crippen molar-refractivity contribution in [1.82, 2.24) is 4.90 Å². The molecule has 1 aromatic rings. The monoisotopic (exact) mass is 251 g/mol. The van der Waals surface area contributed by atoms with Gasteiger partial charge in [0.05, 0.1) is 6.04 Å². The van der Waals surface area contributed by atoms with Crippen molar-refractivity contribution in [3.8, 4) is 6.19 Å². The lowest BCUT2D eigenvalue weighted by molar-refractivity contribution is 0.392. The lowest BCUT2D eigenvalue weighted by Crippen LogP contribution is -2.29. The standard InChI is InChI=1S/C13H15F2N3/c1-4-13(17-8-16)18(3)9(2)10-5-6-11(14)12(15)7-10/h5-7,9H,4H2,1-3H3/b17-13+. The van der Waals surface area contributed by atoms with Gasteiger partial charge in [0.2, 0.25) is 6.19 Å². The van der Waals surface area contributed by atoms with E-state index >= 15 is 0 Å². The molecule has 0 aliphatic heterocycles. The van der Waals surface area contributed by atoms with E-state index in [1.807, 2.05) is 13.8 Å². The highest BCUT2D eigenvalue weighted by atomic mass is 19.2. The Kier molecular flexibility index (Phi) is 4.78. The predicted octanol–water partition coefficient (Wildman–Crippen LogP) is 3.25. The third-order valence-corrected chi connectivity index (χ3v) is 2.91. The Morgan fingerprint density at radius 2 is 2.11 bits per heavy atom. The Labute approximate surface area is 105 Å². The second-order valence-corrected chi connectivity index (χ2v) is 3.94. The molecule has 1 rings (SSSR count). The van der Waals surface area contributed by atoms with E-state index < -0.39 is 11.6 Å². The molecule has 1 atom stereocenters. The van der Waals surface area contributed by atoms with Gasteiger partial charge < -0.3 is 4.90 Å². The van der Waals surface area contributed by atoms with Gasteiger partial charge in [-0.2, -0.15) is 10.3 Å². The molecule has 0 heterocycles. The number of hydrogen-bond acceptors (Lipinski definition) is 2. The number of rotatable bonds is 3. The lowest BCUT2D eigenvalue weighted by Gasteiger charge is -2.27. The molecule has 0 radical (unpaired) electrons. The molecule has 0 fully saturated rings. The van der Waals surface area contributed by atoms with Gasteiger partial charge in [0.25, 0.3) is 0 Å². The van der Waals surface area contributed by atoms with Crippen LogP contribution in [0.3, 0.4) is 0 Å².